The number of carbonyl (C=O) groups excluding carboxylic acids is 3. The van der Waals surface area contributed by atoms with Crippen LogP contribution >= 0.6 is 0 Å². The van der Waals surface area contributed by atoms with Crippen molar-refractivity contribution >= 4 is 23.6 Å². The van der Waals surface area contributed by atoms with Crippen molar-refractivity contribution in [2.24, 2.45) is 0 Å². The Morgan fingerprint density at radius 2 is 2.00 bits per heavy atom. The second-order valence-corrected chi connectivity index (χ2v) is 5.04. The topological polar surface area (TPSA) is 96.5 Å². The first-order valence-electron chi connectivity index (χ1n) is 6.76. The van der Waals surface area contributed by atoms with Gasteiger partial charge in [0.1, 0.15) is 12.1 Å². The third-order valence-electron chi connectivity index (χ3n) is 3.54. The van der Waals surface area contributed by atoms with E-state index in [0.29, 0.717) is 25.1 Å². The fraction of sp³-hybridized carbons (Fsp3) is 0.357. The highest BCUT2D eigenvalue weighted by Gasteiger charge is 2.27. The lowest BCUT2D eigenvalue weighted by molar-refractivity contribution is -0.122. The predicted octanol–water partition coefficient (Wildman–Crippen LogP) is 0.685. The van der Waals surface area contributed by atoms with Gasteiger partial charge in [0.2, 0.25) is 11.8 Å². The summed E-state index contributed by atoms with van der Waals surface area (Å²) in [5, 5.41) is 7.96. The molecule has 7 heteroatoms. The maximum absolute atomic E-state index is 11.9. The second-order valence-electron chi connectivity index (χ2n) is 5.04. The molecule has 0 saturated carbocycles. The van der Waals surface area contributed by atoms with Crippen LogP contribution in [0, 0.1) is 0 Å². The van der Waals surface area contributed by atoms with Gasteiger partial charge in [-0.3, -0.25) is 9.59 Å². The van der Waals surface area contributed by atoms with E-state index in [1.807, 2.05) is 0 Å². The van der Waals surface area contributed by atoms with E-state index in [1.54, 1.807) is 24.3 Å². The lowest BCUT2D eigenvalue weighted by Crippen LogP contribution is -2.37. The zero-order valence-electron chi connectivity index (χ0n) is 11.2. The summed E-state index contributed by atoms with van der Waals surface area (Å²) in [6.07, 6.45) is 0.189. The van der Waals surface area contributed by atoms with Gasteiger partial charge in [0, 0.05) is 12.1 Å². The minimum absolute atomic E-state index is 0.0963. The molecule has 2 aliphatic heterocycles. The van der Waals surface area contributed by atoms with Gasteiger partial charge in [0.25, 0.3) is 0 Å². The standard InChI is InChI=1S/C14H15N3O4/c18-12-6-5-10(17-12)13(19)16-9-3-1-8(2-4-9)11-7-15-14(20)21-11/h1-4,10-11H,5-7H2,(H,15,20)(H,16,19)(H,17,18). The van der Waals surface area contributed by atoms with Gasteiger partial charge >= 0.3 is 6.09 Å². The van der Waals surface area contributed by atoms with E-state index in [4.69, 9.17) is 4.74 Å². The van der Waals surface area contributed by atoms with Gasteiger partial charge in [-0.15, -0.1) is 0 Å². The van der Waals surface area contributed by atoms with Gasteiger partial charge in [-0.1, -0.05) is 12.1 Å². The quantitative estimate of drug-likeness (QED) is 0.762. The molecule has 3 rings (SSSR count). The molecule has 0 radical (unpaired) electrons. The molecule has 0 spiro atoms. The largest absolute Gasteiger partial charge is 0.439 e. The van der Waals surface area contributed by atoms with E-state index in [0.717, 1.165) is 5.56 Å². The van der Waals surface area contributed by atoms with Crippen LogP contribution in [0.15, 0.2) is 24.3 Å². The zero-order valence-corrected chi connectivity index (χ0v) is 11.2. The fourth-order valence-corrected chi connectivity index (χ4v) is 2.40. The fourth-order valence-electron chi connectivity index (χ4n) is 2.40. The van der Waals surface area contributed by atoms with Gasteiger partial charge in [0.15, 0.2) is 0 Å². The molecule has 2 aliphatic rings. The molecule has 7 nitrogen and oxygen atoms in total. The molecule has 2 heterocycles. The van der Waals surface area contributed by atoms with Crippen LogP contribution in [0.5, 0.6) is 0 Å². The van der Waals surface area contributed by atoms with E-state index in [9.17, 15) is 14.4 Å². The minimum atomic E-state index is -0.461. The Labute approximate surface area is 121 Å². The van der Waals surface area contributed by atoms with E-state index in [2.05, 4.69) is 16.0 Å². The Balaban J connectivity index is 1.60. The Bertz CT molecular complexity index is 584. The smallest absolute Gasteiger partial charge is 0.407 e. The summed E-state index contributed by atoms with van der Waals surface area (Å²) < 4.78 is 5.08. The van der Waals surface area contributed by atoms with Gasteiger partial charge in [-0.2, -0.15) is 0 Å². The molecule has 2 saturated heterocycles. The van der Waals surface area contributed by atoms with Crippen LogP contribution in [0.2, 0.25) is 0 Å². The van der Waals surface area contributed by atoms with E-state index in [1.165, 1.54) is 0 Å². The summed E-state index contributed by atoms with van der Waals surface area (Å²) in [7, 11) is 0. The summed E-state index contributed by atoms with van der Waals surface area (Å²) >= 11 is 0. The number of ether oxygens (including phenoxy) is 1. The molecule has 3 N–H and O–H groups in total. The number of rotatable bonds is 3. The molecule has 1 aromatic carbocycles. The van der Waals surface area contributed by atoms with Gasteiger partial charge in [0.05, 0.1) is 6.54 Å². The lowest BCUT2D eigenvalue weighted by atomic mass is 10.1. The first-order valence-corrected chi connectivity index (χ1v) is 6.76. The van der Waals surface area contributed by atoms with Crippen LogP contribution in [0.3, 0.4) is 0 Å². The summed E-state index contributed by atoms with van der Waals surface area (Å²) in [6, 6.07) is 6.63. The summed E-state index contributed by atoms with van der Waals surface area (Å²) in [4.78, 5) is 34.0. The van der Waals surface area contributed by atoms with Gasteiger partial charge < -0.3 is 20.7 Å². The van der Waals surface area contributed by atoms with Crippen molar-refractivity contribution in [1.82, 2.24) is 10.6 Å². The van der Waals surface area contributed by atoms with Crippen LogP contribution in [0.25, 0.3) is 0 Å². The number of amides is 3. The average Bonchev–Trinajstić information content (AvgIpc) is 3.08. The summed E-state index contributed by atoms with van der Waals surface area (Å²) in [6.45, 7) is 0.443. The van der Waals surface area contributed by atoms with Crippen molar-refractivity contribution in [2.45, 2.75) is 25.0 Å². The minimum Gasteiger partial charge on any atom is -0.439 e. The molecule has 2 unspecified atom stereocenters. The molecule has 3 amide bonds. The first-order chi connectivity index (χ1) is 10.1. The Kier molecular flexibility index (Phi) is 3.47. The van der Waals surface area contributed by atoms with E-state index >= 15 is 0 Å². The normalized spacial score (nSPS) is 24.2. The molecule has 0 bridgehead atoms. The van der Waals surface area contributed by atoms with Crippen molar-refractivity contribution in [3.8, 4) is 0 Å². The van der Waals surface area contributed by atoms with Gasteiger partial charge in [-0.05, 0) is 24.1 Å². The molecular weight excluding hydrogens is 274 g/mol. The molecule has 2 fully saturated rings. The van der Waals surface area contributed by atoms with Crippen LogP contribution in [-0.4, -0.2) is 30.5 Å². The van der Waals surface area contributed by atoms with Crippen molar-refractivity contribution in [3.05, 3.63) is 29.8 Å². The zero-order chi connectivity index (χ0) is 14.8. The predicted molar refractivity (Wildman–Crippen MR) is 73.5 cm³/mol. The molecule has 110 valence electrons. The molecular formula is C14H15N3O4. The number of nitrogens with one attached hydrogen (secondary N) is 3. The number of anilines is 1. The Morgan fingerprint density at radius 1 is 1.24 bits per heavy atom. The summed E-state index contributed by atoms with van der Waals surface area (Å²) in [5.74, 6) is -0.316. The van der Waals surface area contributed by atoms with Crippen molar-refractivity contribution in [2.75, 3.05) is 11.9 Å². The highest BCUT2D eigenvalue weighted by Crippen LogP contribution is 2.22. The second kappa shape index (κ2) is 5.43. The maximum atomic E-state index is 11.9. The number of hydrogen-bond acceptors (Lipinski definition) is 4. The van der Waals surface area contributed by atoms with E-state index in [-0.39, 0.29) is 17.9 Å². The maximum Gasteiger partial charge on any atom is 0.407 e. The molecule has 21 heavy (non-hydrogen) atoms. The molecule has 1 aromatic rings. The monoisotopic (exact) mass is 289 g/mol. The summed E-state index contributed by atoms with van der Waals surface area (Å²) in [5.41, 5.74) is 1.50. The van der Waals surface area contributed by atoms with Crippen LogP contribution in [-0.2, 0) is 14.3 Å². The highest BCUT2D eigenvalue weighted by molar-refractivity contribution is 5.98. The van der Waals surface area contributed by atoms with Gasteiger partial charge in [-0.25, -0.2) is 4.79 Å². The third-order valence-corrected chi connectivity index (χ3v) is 3.54. The number of alkyl carbamates (subject to hydrolysis) is 1. The average molecular weight is 289 g/mol. The van der Waals surface area contributed by atoms with Crippen LogP contribution in [0.4, 0.5) is 10.5 Å². The van der Waals surface area contributed by atoms with E-state index < -0.39 is 12.1 Å². The number of cyclic esters (lactones) is 1. The van der Waals surface area contributed by atoms with Crippen molar-refractivity contribution in [1.29, 1.82) is 0 Å². The SMILES string of the molecule is O=C1CCC(C(=O)Nc2ccc(C3CNC(=O)O3)cc2)N1. The Hall–Kier alpha value is -2.57. The number of benzene rings is 1. The molecule has 2 atom stereocenters. The molecule has 0 aromatic heterocycles. The third kappa shape index (κ3) is 2.96. The Morgan fingerprint density at radius 3 is 2.57 bits per heavy atom. The number of hydrogen-bond donors (Lipinski definition) is 3. The van der Waals surface area contributed by atoms with Crippen molar-refractivity contribution < 1.29 is 19.1 Å². The van der Waals surface area contributed by atoms with Crippen LogP contribution in [0.1, 0.15) is 24.5 Å². The molecule has 0 aliphatic carbocycles. The number of carbonyl (C=O) groups is 3. The highest BCUT2D eigenvalue weighted by atomic mass is 16.6. The van der Waals surface area contributed by atoms with Crippen LogP contribution < -0.4 is 16.0 Å². The first kappa shape index (κ1) is 13.4. The lowest BCUT2D eigenvalue weighted by Gasteiger charge is -2.12. The van der Waals surface area contributed by atoms with Crippen molar-refractivity contribution in [3.63, 3.8) is 0 Å².